The highest BCUT2D eigenvalue weighted by molar-refractivity contribution is 5.88. The van der Waals surface area contributed by atoms with E-state index in [1.54, 1.807) is 0 Å². The van der Waals surface area contributed by atoms with Crippen molar-refractivity contribution in [3.63, 3.8) is 0 Å². The molecule has 102 valence electrons. The number of hydrogen-bond donors (Lipinski definition) is 1. The standard InChI is InChI=1S/C14H9F2NO3/c15-11-4-9(5-12(16)7-11)8-17-20-13-3-1-2-10(6-13)14(18)19/h1-8H,(H,18,19)/b17-8+. The Balaban J connectivity index is 2.09. The summed E-state index contributed by atoms with van der Waals surface area (Å²) in [5.74, 6) is -2.33. The minimum Gasteiger partial charge on any atom is -0.478 e. The summed E-state index contributed by atoms with van der Waals surface area (Å²) in [6.45, 7) is 0. The second-order valence-electron chi connectivity index (χ2n) is 3.86. The maximum Gasteiger partial charge on any atom is 0.335 e. The molecule has 20 heavy (non-hydrogen) atoms. The van der Waals surface area contributed by atoms with Crippen molar-refractivity contribution in [1.82, 2.24) is 0 Å². The molecule has 0 amide bonds. The summed E-state index contributed by atoms with van der Waals surface area (Å²) >= 11 is 0. The van der Waals surface area contributed by atoms with Gasteiger partial charge in [-0.3, -0.25) is 0 Å². The molecule has 2 aromatic carbocycles. The molecule has 4 nitrogen and oxygen atoms in total. The largest absolute Gasteiger partial charge is 0.478 e. The van der Waals surface area contributed by atoms with E-state index in [4.69, 9.17) is 9.94 Å². The summed E-state index contributed by atoms with van der Waals surface area (Å²) in [5, 5.41) is 12.3. The van der Waals surface area contributed by atoms with E-state index in [2.05, 4.69) is 5.16 Å². The van der Waals surface area contributed by atoms with Crippen molar-refractivity contribution in [2.75, 3.05) is 0 Å². The summed E-state index contributed by atoms with van der Waals surface area (Å²) < 4.78 is 25.8. The van der Waals surface area contributed by atoms with Crippen molar-refractivity contribution < 1.29 is 23.5 Å². The smallest absolute Gasteiger partial charge is 0.335 e. The molecule has 2 rings (SSSR count). The first-order valence-electron chi connectivity index (χ1n) is 5.54. The van der Waals surface area contributed by atoms with Crippen molar-refractivity contribution in [1.29, 1.82) is 0 Å². The SMILES string of the molecule is O=C(O)c1cccc(O/N=C/c2cc(F)cc(F)c2)c1. The summed E-state index contributed by atoms with van der Waals surface area (Å²) in [6, 6.07) is 8.61. The van der Waals surface area contributed by atoms with Crippen LogP contribution < -0.4 is 4.84 Å². The van der Waals surface area contributed by atoms with Crippen LogP contribution >= 0.6 is 0 Å². The van der Waals surface area contributed by atoms with Crippen LogP contribution in [0.2, 0.25) is 0 Å². The van der Waals surface area contributed by atoms with Crippen LogP contribution in [-0.2, 0) is 0 Å². The molecule has 6 heteroatoms. The van der Waals surface area contributed by atoms with Crippen molar-refractivity contribution in [2.45, 2.75) is 0 Å². The van der Waals surface area contributed by atoms with Gasteiger partial charge in [0.25, 0.3) is 0 Å². The molecule has 0 aliphatic rings. The number of aromatic carboxylic acids is 1. The van der Waals surface area contributed by atoms with Crippen LogP contribution in [-0.4, -0.2) is 17.3 Å². The molecule has 0 unspecified atom stereocenters. The lowest BCUT2D eigenvalue weighted by atomic mass is 10.2. The average molecular weight is 277 g/mol. The topological polar surface area (TPSA) is 58.9 Å². The minimum absolute atomic E-state index is 0.0505. The minimum atomic E-state index is -1.09. The summed E-state index contributed by atoms with van der Waals surface area (Å²) in [6.07, 6.45) is 1.12. The summed E-state index contributed by atoms with van der Waals surface area (Å²) in [4.78, 5) is 15.7. The fourth-order valence-electron chi connectivity index (χ4n) is 1.48. The van der Waals surface area contributed by atoms with Gasteiger partial charge in [-0.2, -0.15) is 0 Å². The number of carboxylic acid groups (broad SMARTS) is 1. The van der Waals surface area contributed by atoms with E-state index in [0.29, 0.717) is 0 Å². The first kappa shape index (κ1) is 13.7. The number of benzene rings is 2. The molecule has 0 atom stereocenters. The van der Waals surface area contributed by atoms with Crippen LogP contribution in [0.15, 0.2) is 47.6 Å². The van der Waals surface area contributed by atoms with Crippen molar-refractivity contribution in [3.05, 3.63) is 65.2 Å². The molecule has 0 saturated carbocycles. The van der Waals surface area contributed by atoms with E-state index in [1.807, 2.05) is 0 Å². The molecule has 0 heterocycles. The summed E-state index contributed by atoms with van der Waals surface area (Å²) in [5.41, 5.74) is 0.242. The van der Waals surface area contributed by atoms with Gasteiger partial charge >= 0.3 is 5.97 Å². The molecule has 2 aromatic rings. The van der Waals surface area contributed by atoms with E-state index < -0.39 is 17.6 Å². The van der Waals surface area contributed by atoms with Crippen molar-refractivity contribution in [3.8, 4) is 5.75 Å². The van der Waals surface area contributed by atoms with Gasteiger partial charge in [0.1, 0.15) is 11.6 Å². The fraction of sp³-hybridized carbons (Fsp3) is 0. The molecular weight excluding hydrogens is 268 g/mol. The second-order valence-corrected chi connectivity index (χ2v) is 3.86. The Hall–Kier alpha value is -2.76. The normalized spacial score (nSPS) is 10.7. The molecule has 0 aromatic heterocycles. The van der Waals surface area contributed by atoms with Gasteiger partial charge < -0.3 is 9.94 Å². The van der Waals surface area contributed by atoms with Crippen molar-refractivity contribution >= 4 is 12.2 Å². The van der Waals surface area contributed by atoms with Gasteiger partial charge in [0.2, 0.25) is 0 Å². The number of nitrogens with zero attached hydrogens (tertiary/aromatic N) is 1. The number of carboxylic acids is 1. The predicted molar refractivity (Wildman–Crippen MR) is 68.0 cm³/mol. The highest BCUT2D eigenvalue weighted by Gasteiger charge is 2.03. The summed E-state index contributed by atoms with van der Waals surface area (Å²) in [7, 11) is 0. The Labute approximate surface area is 112 Å². The van der Waals surface area contributed by atoms with Gasteiger partial charge in [0.05, 0.1) is 11.8 Å². The molecular formula is C14H9F2NO3. The highest BCUT2D eigenvalue weighted by Crippen LogP contribution is 2.13. The Morgan fingerprint density at radius 2 is 1.85 bits per heavy atom. The van der Waals surface area contributed by atoms with Crippen LogP contribution in [0.3, 0.4) is 0 Å². The van der Waals surface area contributed by atoms with Gasteiger partial charge in [-0.05, 0) is 30.3 Å². The average Bonchev–Trinajstić information content (AvgIpc) is 2.38. The van der Waals surface area contributed by atoms with E-state index in [0.717, 1.165) is 24.4 Å². The molecule has 0 saturated heterocycles. The lowest BCUT2D eigenvalue weighted by Gasteiger charge is -2.00. The van der Waals surface area contributed by atoms with Crippen LogP contribution in [0.25, 0.3) is 0 Å². The Kier molecular flexibility index (Phi) is 4.05. The maximum atomic E-state index is 12.9. The molecule has 0 fully saturated rings. The number of halogens is 2. The molecule has 1 N–H and O–H groups in total. The zero-order valence-corrected chi connectivity index (χ0v) is 10.1. The number of carbonyl (C=O) groups is 1. The first-order chi connectivity index (χ1) is 9.54. The third kappa shape index (κ3) is 3.61. The van der Waals surface area contributed by atoms with Crippen molar-refractivity contribution in [2.24, 2.45) is 5.16 Å². The fourth-order valence-corrected chi connectivity index (χ4v) is 1.48. The van der Waals surface area contributed by atoms with Gasteiger partial charge in [0.15, 0.2) is 5.75 Å². The predicted octanol–water partition coefficient (Wildman–Crippen LogP) is 3.08. The number of hydrogen-bond acceptors (Lipinski definition) is 3. The van der Waals surface area contributed by atoms with Gasteiger partial charge in [-0.15, -0.1) is 0 Å². The maximum absolute atomic E-state index is 12.9. The molecule has 0 aliphatic carbocycles. The zero-order chi connectivity index (χ0) is 14.5. The Morgan fingerprint density at radius 1 is 1.15 bits per heavy atom. The molecule has 0 spiro atoms. The third-order valence-corrected chi connectivity index (χ3v) is 2.33. The van der Waals surface area contributed by atoms with Crippen LogP contribution in [0.1, 0.15) is 15.9 Å². The lowest BCUT2D eigenvalue weighted by molar-refractivity contribution is 0.0696. The number of oxime groups is 1. The first-order valence-corrected chi connectivity index (χ1v) is 5.54. The van der Waals surface area contributed by atoms with E-state index in [-0.39, 0.29) is 16.9 Å². The number of rotatable bonds is 4. The highest BCUT2D eigenvalue weighted by atomic mass is 19.1. The third-order valence-electron chi connectivity index (χ3n) is 2.33. The molecule has 0 aliphatic heterocycles. The quantitative estimate of drug-likeness (QED) is 0.690. The van der Waals surface area contributed by atoms with E-state index in [1.165, 1.54) is 24.3 Å². The second kappa shape index (κ2) is 5.92. The van der Waals surface area contributed by atoms with Gasteiger partial charge in [0, 0.05) is 11.6 Å². The van der Waals surface area contributed by atoms with Crippen LogP contribution in [0, 0.1) is 11.6 Å². The molecule has 0 bridgehead atoms. The molecule has 0 radical (unpaired) electrons. The van der Waals surface area contributed by atoms with Gasteiger partial charge in [-0.25, -0.2) is 13.6 Å². The van der Waals surface area contributed by atoms with Crippen LogP contribution in [0.4, 0.5) is 8.78 Å². The Morgan fingerprint density at radius 3 is 2.50 bits per heavy atom. The van der Waals surface area contributed by atoms with Crippen LogP contribution in [0.5, 0.6) is 5.75 Å². The zero-order valence-electron chi connectivity index (χ0n) is 10.1. The van der Waals surface area contributed by atoms with Gasteiger partial charge in [-0.1, -0.05) is 11.2 Å². The monoisotopic (exact) mass is 277 g/mol. The lowest BCUT2D eigenvalue weighted by Crippen LogP contribution is -1.96. The Bertz CT molecular complexity index is 651. The van der Waals surface area contributed by atoms with E-state index in [9.17, 15) is 13.6 Å². The van der Waals surface area contributed by atoms with E-state index >= 15 is 0 Å².